The highest BCUT2D eigenvalue weighted by Crippen LogP contribution is 2.28. The maximum atomic E-state index is 12.1. The van der Waals surface area contributed by atoms with E-state index in [1.165, 1.54) is 0 Å². The van der Waals surface area contributed by atoms with Crippen molar-refractivity contribution in [1.82, 2.24) is 4.98 Å². The Labute approximate surface area is 188 Å². The molecule has 0 atom stereocenters. The molecule has 5 rings (SSSR count). The van der Waals surface area contributed by atoms with Crippen LogP contribution in [0.2, 0.25) is 0 Å². The number of para-hydroxylation sites is 3. The van der Waals surface area contributed by atoms with E-state index < -0.39 is 0 Å². The third-order valence-electron chi connectivity index (χ3n) is 5.13. The first-order chi connectivity index (χ1) is 16.1. The van der Waals surface area contributed by atoms with Gasteiger partial charge in [-0.1, -0.05) is 24.3 Å². The molecule has 33 heavy (non-hydrogen) atoms. The summed E-state index contributed by atoms with van der Waals surface area (Å²) in [5.74, 6) is 0.447. The summed E-state index contributed by atoms with van der Waals surface area (Å²) in [6.45, 7) is 0.278. The quantitative estimate of drug-likeness (QED) is 0.373. The van der Waals surface area contributed by atoms with Gasteiger partial charge in [0.1, 0.15) is 16.9 Å². The lowest BCUT2D eigenvalue weighted by atomic mass is 10.1. The third kappa shape index (κ3) is 4.19. The number of anilines is 2. The van der Waals surface area contributed by atoms with Crippen LogP contribution in [0.3, 0.4) is 0 Å². The van der Waals surface area contributed by atoms with Gasteiger partial charge in [0, 0.05) is 30.0 Å². The molecule has 0 aliphatic heterocycles. The Kier molecular flexibility index (Phi) is 5.34. The Hall–Kier alpha value is -4.43. The normalized spacial score (nSPS) is 11.8. The van der Waals surface area contributed by atoms with Crippen molar-refractivity contribution in [3.05, 3.63) is 78.2 Å². The second-order valence-corrected chi connectivity index (χ2v) is 7.44. The van der Waals surface area contributed by atoms with Gasteiger partial charge in [0.15, 0.2) is 5.58 Å². The summed E-state index contributed by atoms with van der Waals surface area (Å²) in [5.41, 5.74) is 15.1. The molecule has 1 amide bonds. The van der Waals surface area contributed by atoms with E-state index in [4.69, 9.17) is 25.3 Å². The van der Waals surface area contributed by atoms with E-state index >= 15 is 0 Å². The fourth-order valence-corrected chi connectivity index (χ4v) is 3.60. The van der Waals surface area contributed by atoms with E-state index in [0.717, 1.165) is 10.9 Å². The first-order valence-corrected chi connectivity index (χ1v) is 10.4. The van der Waals surface area contributed by atoms with E-state index in [0.29, 0.717) is 39.2 Å². The Morgan fingerprint density at radius 2 is 1.79 bits per heavy atom. The molecule has 5 N–H and O–H groups in total. The average molecular weight is 439 g/mol. The minimum atomic E-state index is -0.159. The van der Waals surface area contributed by atoms with Crippen molar-refractivity contribution in [3.63, 3.8) is 0 Å². The summed E-state index contributed by atoms with van der Waals surface area (Å²) in [5, 5.41) is 4.42. The molecule has 164 valence electrons. The molecule has 8 heteroatoms. The number of nitrogen functional groups attached to an aromatic ring is 1. The minimum Gasteiger partial charge on any atom is -0.456 e. The zero-order chi connectivity index (χ0) is 22.8. The van der Waals surface area contributed by atoms with Crippen LogP contribution in [0.1, 0.15) is 6.42 Å². The van der Waals surface area contributed by atoms with Gasteiger partial charge in [-0.25, -0.2) is 4.99 Å². The molecule has 5 aromatic rings. The van der Waals surface area contributed by atoms with Crippen LogP contribution in [0.25, 0.3) is 33.4 Å². The number of nitrogens with two attached hydrogens (primary N) is 2. The van der Waals surface area contributed by atoms with Crippen molar-refractivity contribution in [2.24, 2.45) is 10.7 Å². The van der Waals surface area contributed by atoms with Crippen LogP contribution in [0.4, 0.5) is 17.4 Å². The van der Waals surface area contributed by atoms with E-state index in [2.05, 4.69) is 10.3 Å². The number of aromatic nitrogens is 1. The van der Waals surface area contributed by atoms with Crippen molar-refractivity contribution >= 4 is 45.4 Å². The molecule has 0 radical (unpaired) electrons. The van der Waals surface area contributed by atoms with Gasteiger partial charge in [-0.05, 0) is 42.5 Å². The molecule has 0 bridgehead atoms. The zero-order valence-corrected chi connectivity index (χ0v) is 17.6. The predicted octanol–water partition coefficient (Wildman–Crippen LogP) is 4.34. The lowest BCUT2D eigenvalue weighted by Crippen LogP contribution is -2.16. The summed E-state index contributed by atoms with van der Waals surface area (Å²) in [4.78, 5) is 21.1. The number of nitrogens with one attached hydrogen (secondary N) is 1. The molecule has 0 saturated carbocycles. The van der Waals surface area contributed by atoms with Crippen molar-refractivity contribution in [2.75, 3.05) is 17.6 Å². The van der Waals surface area contributed by atoms with Crippen molar-refractivity contribution in [2.45, 2.75) is 6.42 Å². The maximum absolute atomic E-state index is 12.1. The Morgan fingerprint density at radius 1 is 0.970 bits per heavy atom. The van der Waals surface area contributed by atoms with Crippen molar-refractivity contribution in [3.8, 4) is 11.3 Å². The number of benzene rings is 3. The van der Waals surface area contributed by atoms with E-state index in [9.17, 15) is 4.79 Å². The van der Waals surface area contributed by atoms with Crippen LogP contribution < -0.4 is 22.1 Å². The average Bonchev–Trinajstić information content (AvgIpc) is 3.19. The number of oxazole rings is 1. The van der Waals surface area contributed by atoms with Gasteiger partial charge in [-0.3, -0.25) is 4.79 Å². The van der Waals surface area contributed by atoms with Gasteiger partial charge in [-0.2, -0.15) is 4.98 Å². The van der Waals surface area contributed by atoms with Crippen molar-refractivity contribution < 1.29 is 13.6 Å². The van der Waals surface area contributed by atoms with E-state index in [1.54, 1.807) is 0 Å². The number of rotatable bonds is 5. The van der Waals surface area contributed by atoms with Gasteiger partial charge in [0.25, 0.3) is 6.01 Å². The molecule has 0 aliphatic rings. The number of carbonyl (C=O) groups excluding carboxylic acids is 1. The summed E-state index contributed by atoms with van der Waals surface area (Å²) < 4.78 is 11.6. The fraction of sp³-hybridized carbons (Fsp3) is 0.0800. The standard InChI is InChI=1S/C25H21N5O3/c26-12-11-24(31)29-18-7-3-2-6-17(18)28-20-14-22(32-21-8-4-1-5-16(20)21)15-9-10-19-23(13-15)33-25(27)30-19/h1-10,13-14H,11-12,26H2,(H2,27,30)(H,29,31)/b28-20+. The van der Waals surface area contributed by atoms with Crippen LogP contribution in [-0.4, -0.2) is 17.4 Å². The number of hydrogen-bond acceptors (Lipinski definition) is 7. The van der Waals surface area contributed by atoms with Crippen molar-refractivity contribution in [1.29, 1.82) is 0 Å². The summed E-state index contributed by atoms with van der Waals surface area (Å²) in [7, 11) is 0. The molecule has 0 aliphatic carbocycles. The van der Waals surface area contributed by atoms with Crippen LogP contribution in [0.15, 0.2) is 86.6 Å². The lowest BCUT2D eigenvalue weighted by Gasteiger charge is -2.08. The molecule has 0 saturated heterocycles. The summed E-state index contributed by atoms with van der Waals surface area (Å²) >= 11 is 0. The van der Waals surface area contributed by atoms with Crippen LogP contribution in [0, 0.1) is 0 Å². The van der Waals surface area contributed by atoms with Gasteiger partial charge >= 0.3 is 0 Å². The first kappa shape index (κ1) is 20.5. The molecule has 0 unspecified atom stereocenters. The summed E-state index contributed by atoms with van der Waals surface area (Å²) in [6, 6.07) is 22.6. The van der Waals surface area contributed by atoms with Crippen LogP contribution in [0.5, 0.6) is 0 Å². The number of fused-ring (bicyclic) bond motifs is 2. The summed E-state index contributed by atoms with van der Waals surface area (Å²) in [6.07, 6.45) is 0.236. The zero-order valence-electron chi connectivity index (χ0n) is 17.6. The molecular weight excluding hydrogens is 418 g/mol. The highest BCUT2D eigenvalue weighted by molar-refractivity contribution is 5.93. The Bertz CT molecular complexity index is 1550. The Morgan fingerprint density at radius 3 is 2.67 bits per heavy atom. The highest BCUT2D eigenvalue weighted by atomic mass is 16.4. The second kappa shape index (κ2) is 8.60. The number of amides is 1. The number of carbonyl (C=O) groups is 1. The largest absolute Gasteiger partial charge is 0.456 e. The minimum absolute atomic E-state index is 0.113. The van der Waals surface area contributed by atoms with Gasteiger partial charge in [0.05, 0.1) is 16.7 Å². The number of hydrogen-bond donors (Lipinski definition) is 3. The van der Waals surface area contributed by atoms with Gasteiger partial charge in [0.2, 0.25) is 5.91 Å². The van der Waals surface area contributed by atoms with Crippen LogP contribution >= 0.6 is 0 Å². The molecule has 3 aromatic carbocycles. The highest BCUT2D eigenvalue weighted by Gasteiger charge is 2.11. The molecule has 0 spiro atoms. The number of nitrogens with zero attached hydrogens (tertiary/aromatic N) is 2. The topological polar surface area (TPSA) is 133 Å². The molecule has 2 heterocycles. The smallest absolute Gasteiger partial charge is 0.292 e. The van der Waals surface area contributed by atoms with Gasteiger partial charge in [-0.15, -0.1) is 0 Å². The molecular formula is C25H21N5O3. The SMILES string of the molecule is NCCC(=O)Nc1ccccc1/N=c1\cc(-c2ccc3nc(N)oc3c2)oc2ccccc12. The third-order valence-corrected chi connectivity index (χ3v) is 5.13. The van der Waals surface area contributed by atoms with E-state index in [-0.39, 0.29) is 24.9 Å². The fourth-order valence-electron chi connectivity index (χ4n) is 3.60. The Balaban J connectivity index is 1.67. The predicted molar refractivity (Wildman–Crippen MR) is 128 cm³/mol. The van der Waals surface area contributed by atoms with Crippen LogP contribution in [-0.2, 0) is 4.79 Å². The molecule has 8 nitrogen and oxygen atoms in total. The van der Waals surface area contributed by atoms with Gasteiger partial charge < -0.3 is 25.6 Å². The lowest BCUT2D eigenvalue weighted by molar-refractivity contribution is -0.116. The second-order valence-electron chi connectivity index (χ2n) is 7.44. The molecule has 2 aromatic heterocycles. The molecule has 0 fully saturated rings. The first-order valence-electron chi connectivity index (χ1n) is 10.4. The van der Waals surface area contributed by atoms with E-state index in [1.807, 2.05) is 72.8 Å². The monoisotopic (exact) mass is 439 g/mol. The maximum Gasteiger partial charge on any atom is 0.292 e.